The maximum Gasteiger partial charge on any atom is 0.272 e. The number of fused-ring (bicyclic) bond motifs is 1. The van der Waals surface area contributed by atoms with Crippen molar-refractivity contribution in [3.63, 3.8) is 0 Å². The van der Waals surface area contributed by atoms with E-state index >= 15 is 0 Å². The van der Waals surface area contributed by atoms with Gasteiger partial charge in [0.25, 0.3) is 5.56 Å². The molecule has 0 aliphatic carbocycles. The molecule has 4 nitrogen and oxygen atoms in total. The lowest BCUT2D eigenvalue weighted by Gasteiger charge is -2.23. The number of aromatic amines is 1. The number of H-pyrrole nitrogens is 1. The molecule has 0 aliphatic rings. The van der Waals surface area contributed by atoms with Crippen molar-refractivity contribution in [3.05, 3.63) is 34.9 Å². The van der Waals surface area contributed by atoms with Crippen LogP contribution in [0.3, 0.4) is 0 Å². The van der Waals surface area contributed by atoms with Crippen molar-refractivity contribution in [2.45, 2.75) is 26.0 Å². The second-order valence-corrected chi connectivity index (χ2v) is 4.52. The largest absolute Gasteiger partial charge is 0.377 e. The highest BCUT2D eigenvalue weighted by Crippen LogP contribution is 2.16. The molecule has 2 aromatic heterocycles. The van der Waals surface area contributed by atoms with E-state index in [0.717, 1.165) is 5.39 Å². The molecule has 86 valence electrons. The van der Waals surface area contributed by atoms with Gasteiger partial charge in [-0.05, 0) is 26.0 Å². The number of methoxy groups -OCH3 is 1. The van der Waals surface area contributed by atoms with Gasteiger partial charge in [0, 0.05) is 24.9 Å². The highest BCUT2D eigenvalue weighted by Gasteiger charge is 2.18. The number of rotatable bonds is 3. The third-order valence-corrected chi connectivity index (χ3v) is 2.79. The number of nitrogens with one attached hydrogen (secondary N) is 1. The number of aromatic nitrogens is 2. The van der Waals surface area contributed by atoms with E-state index in [4.69, 9.17) is 4.74 Å². The molecule has 0 fully saturated rings. The van der Waals surface area contributed by atoms with Crippen molar-refractivity contribution in [2.24, 2.45) is 0 Å². The first-order valence-electron chi connectivity index (χ1n) is 5.25. The fraction of sp³-hybridized carbons (Fsp3) is 0.417. The van der Waals surface area contributed by atoms with E-state index in [1.165, 1.54) is 0 Å². The smallest absolute Gasteiger partial charge is 0.272 e. The summed E-state index contributed by atoms with van der Waals surface area (Å²) in [7, 11) is 1.68. The summed E-state index contributed by atoms with van der Waals surface area (Å²) in [5, 5.41) is 0.954. The van der Waals surface area contributed by atoms with Gasteiger partial charge in [0.1, 0.15) is 5.52 Å². The summed E-state index contributed by atoms with van der Waals surface area (Å²) in [6, 6.07) is 3.84. The summed E-state index contributed by atoms with van der Waals surface area (Å²) in [5.41, 5.74) is 0.357. The van der Waals surface area contributed by atoms with E-state index in [-0.39, 0.29) is 11.2 Å². The number of hydrogen-bond acceptors (Lipinski definition) is 2. The molecule has 4 heteroatoms. The maximum atomic E-state index is 11.7. The van der Waals surface area contributed by atoms with E-state index in [1.807, 2.05) is 36.7 Å². The molecular weight excluding hydrogens is 204 g/mol. The van der Waals surface area contributed by atoms with Crippen LogP contribution in [0.2, 0.25) is 0 Å². The Bertz CT molecular complexity index is 551. The zero-order valence-electron chi connectivity index (χ0n) is 9.78. The van der Waals surface area contributed by atoms with Crippen LogP contribution in [0, 0.1) is 0 Å². The molecule has 1 N–H and O–H groups in total. The maximum absolute atomic E-state index is 11.7. The van der Waals surface area contributed by atoms with Gasteiger partial charge in [-0.15, -0.1) is 0 Å². The Balaban J connectivity index is 2.50. The van der Waals surface area contributed by atoms with Crippen LogP contribution in [0.15, 0.2) is 29.3 Å². The molecular formula is C12H16N2O2. The van der Waals surface area contributed by atoms with Crippen LogP contribution in [0.4, 0.5) is 0 Å². The van der Waals surface area contributed by atoms with Gasteiger partial charge in [-0.1, -0.05) is 0 Å². The molecule has 0 atom stereocenters. The fourth-order valence-corrected chi connectivity index (χ4v) is 1.77. The van der Waals surface area contributed by atoms with Crippen LogP contribution in [-0.2, 0) is 11.3 Å². The third-order valence-electron chi connectivity index (χ3n) is 2.79. The number of pyridine rings is 1. The van der Waals surface area contributed by atoms with Gasteiger partial charge in [-0.25, -0.2) is 0 Å². The first-order chi connectivity index (χ1) is 7.53. The van der Waals surface area contributed by atoms with Crippen LogP contribution in [-0.4, -0.2) is 22.3 Å². The van der Waals surface area contributed by atoms with Crippen molar-refractivity contribution >= 4 is 10.9 Å². The molecule has 16 heavy (non-hydrogen) atoms. The van der Waals surface area contributed by atoms with Gasteiger partial charge in [-0.3, -0.25) is 4.79 Å². The summed E-state index contributed by atoms with van der Waals surface area (Å²) >= 11 is 0. The predicted octanol–water partition coefficient (Wildman–Crippen LogP) is 1.75. The van der Waals surface area contributed by atoms with Crippen LogP contribution < -0.4 is 5.56 Å². The lowest BCUT2D eigenvalue weighted by Crippen LogP contribution is -2.29. The van der Waals surface area contributed by atoms with Crippen LogP contribution in [0.5, 0.6) is 0 Å². The van der Waals surface area contributed by atoms with Crippen molar-refractivity contribution in [1.29, 1.82) is 0 Å². The minimum absolute atomic E-state index is 0.0607. The van der Waals surface area contributed by atoms with Gasteiger partial charge in [0.05, 0.1) is 12.1 Å². The van der Waals surface area contributed by atoms with Crippen LogP contribution >= 0.6 is 0 Å². The molecule has 0 saturated carbocycles. The molecule has 2 aromatic rings. The Kier molecular flexibility index (Phi) is 2.59. The molecule has 2 heterocycles. The summed E-state index contributed by atoms with van der Waals surface area (Å²) in [5.74, 6) is 0. The first-order valence-corrected chi connectivity index (χ1v) is 5.25. The lowest BCUT2D eigenvalue weighted by atomic mass is 10.1. The minimum atomic E-state index is -0.284. The topological polar surface area (TPSA) is 47.0 Å². The fourth-order valence-electron chi connectivity index (χ4n) is 1.77. The predicted molar refractivity (Wildman–Crippen MR) is 63.6 cm³/mol. The Morgan fingerprint density at radius 1 is 1.44 bits per heavy atom. The molecule has 0 amide bonds. The highest BCUT2D eigenvalue weighted by molar-refractivity contribution is 5.78. The summed E-state index contributed by atoms with van der Waals surface area (Å²) < 4.78 is 7.29. The number of ether oxygens (including phenoxy) is 1. The number of nitrogens with zero attached hydrogens (tertiary/aromatic N) is 1. The standard InChI is InChI=1S/C12H16N2O2/c1-12(2,16-3)8-14-7-5-9-4-6-13-11(15)10(9)14/h4-7H,8H2,1-3H3,(H,13,15). The quantitative estimate of drug-likeness (QED) is 0.856. The molecule has 0 radical (unpaired) electrons. The van der Waals surface area contributed by atoms with Gasteiger partial charge in [0.2, 0.25) is 0 Å². The molecule has 0 spiro atoms. The van der Waals surface area contributed by atoms with Gasteiger partial charge >= 0.3 is 0 Å². The van der Waals surface area contributed by atoms with E-state index in [0.29, 0.717) is 12.1 Å². The SMILES string of the molecule is COC(C)(C)Cn1ccc2cc[nH]c(=O)c21. The summed E-state index contributed by atoms with van der Waals surface area (Å²) in [6.45, 7) is 4.64. The van der Waals surface area contributed by atoms with Crippen molar-refractivity contribution in [1.82, 2.24) is 9.55 Å². The van der Waals surface area contributed by atoms with Gasteiger partial charge < -0.3 is 14.3 Å². The zero-order chi connectivity index (χ0) is 11.8. The van der Waals surface area contributed by atoms with Crippen LogP contribution in [0.1, 0.15) is 13.8 Å². The highest BCUT2D eigenvalue weighted by atomic mass is 16.5. The van der Waals surface area contributed by atoms with Gasteiger partial charge in [-0.2, -0.15) is 0 Å². The van der Waals surface area contributed by atoms with E-state index in [2.05, 4.69) is 4.98 Å². The van der Waals surface area contributed by atoms with E-state index in [1.54, 1.807) is 13.3 Å². The van der Waals surface area contributed by atoms with Gasteiger partial charge in [0.15, 0.2) is 0 Å². The third kappa shape index (κ3) is 1.88. The monoisotopic (exact) mass is 220 g/mol. The Morgan fingerprint density at radius 2 is 2.19 bits per heavy atom. The van der Waals surface area contributed by atoms with E-state index < -0.39 is 0 Å². The Hall–Kier alpha value is -1.55. The molecule has 0 bridgehead atoms. The minimum Gasteiger partial charge on any atom is -0.377 e. The Morgan fingerprint density at radius 3 is 2.88 bits per heavy atom. The molecule has 0 saturated heterocycles. The van der Waals surface area contributed by atoms with Crippen LogP contribution in [0.25, 0.3) is 10.9 Å². The average Bonchev–Trinajstić information content (AvgIpc) is 2.62. The second-order valence-electron chi connectivity index (χ2n) is 4.52. The van der Waals surface area contributed by atoms with Crippen molar-refractivity contribution in [2.75, 3.05) is 7.11 Å². The van der Waals surface area contributed by atoms with Crippen molar-refractivity contribution in [3.8, 4) is 0 Å². The van der Waals surface area contributed by atoms with E-state index in [9.17, 15) is 4.79 Å². The summed E-state index contributed by atoms with van der Waals surface area (Å²) in [4.78, 5) is 14.4. The first kappa shape index (κ1) is 11.0. The normalized spacial score (nSPS) is 12.2. The van der Waals surface area contributed by atoms with Crippen molar-refractivity contribution < 1.29 is 4.74 Å². The second kappa shape index (κ2) is 3.79. The summed E-state index contributed by atoms with van der Waals surface area (Å²) in [6.07, 6.45) is 3.58. The average molecular weight is 220 g/mol. The Labute approximate surface area is 93.9 Å². The lowest BCUT2D eigenvalue weighted by molar-refractivity contribution is 0.00910. The molecule has 0 aliphatic heterocycles. The molecule has 0 unspecified atom stereocenters. The molecule has 2 rings (SSSR count). The molecule has 0 aromatic carbocycles. The zero-order valence-corrected chi connectivity index (χ0v) is 9.78. The number of hydrogen-bond donors (Lipinski definition) is 1.